The van der Waals surface area contributed by atoms with Crippen molar-refractivity contribution in [2.45, 2.75) is 19.3 Å². The molecule has 2 N–H and O–H groups in total. The van der Waals surface area contributed by atoms with Crippen LogP contribution in [0.5, 0.6) is 0 Å². The third-order valence-electron chi connectivity index (χ3n) is 5.63. The number of halogens is 4. The summed E-state index contributed by atoms with van der Waals surface area (Å²) >= 11 is 0. The third kappa shape index (κ3) is 3.57. The fraction of sp³-hybridized carbons (Fsp3) is 0.125. The molecule has 2 aliphatic heterocycles. The monoisotopic (exact) mass is 439 g/mol. The van der Waals surface area contributed by atoms with Gasteiger partial charge in [0.2, 0.25) is 0 Å². The Labute approximate surface area is 181 Å². The molecule has 32 heavy (non-hydrogen) atoms. The van der Waals surface area contributed by atoms with Gasteiger partial charge in [0.1, 0.15) is 5.82 Å². The van der Waals surface area contributed by atoms with Crippen LogP contribution in [0.2, 0.25) is 0 Å². The molecule has 0 atom stereocenters. The molecule has 3 aromatic carbocycles. The molecule has 0 unspecified atom stereocenters. The van der Waals surface area contributed by atoms with Crippen molar-refractivity contribution in [3.05, 3.63) is 94.9 Å². The van der Waals surface area contributed by atoms with Gasteiger partial charge in [0.25, 0.3) is 5.91 Å². The van der Waals surface area contributed by atoms with Crippen molar-refractivity contribution in [2.75, 3.05) is 15.5 Å². The van der Waals surface area contributed by atoms with Crippen molar-refractivity contribution in [3.8, 4) is 0 Å². The molecule has 162 valence electrons. The van der Waals surface area contributed by atoms with Crippen LogP contribution in [0.4, 0.5) is 34.6 Å². The summed E-state index contributed by atoms with van der Waals surface area (Å²) in [7, 11) is 0. The van der Waals surface area contributed by atoms with E-state index in [4.69, 9.17) is 0 Å². The molecule has 0 radical (unpaired) electrons. The molecule has 0 aromatic heterocycles. The zero-order chi connectivity index (χ0) is 22.5. The number of anilines is 3. The van der Waals surface area contributed by atoms with Gasteiger partial charge in [-0.05, 0) is 47.5 Å². The lowest BCUT2D eigenvalue weighted by Crippen LogP contribution is -2.20. The van der Waals surface area contributed by atoms with Gasteiger partial charge in [0.05, 0.1) is 16.8 Å². The molecular weight excluding hydrogens is 422 g/mol. The molecule has 0 fully saturated rings. The van der Waals surface area contributed by atoms with Crippen LogP contribution in [0.3, 0.4) is 0 Å². The first kappa shape index (κ1) is 20.1. The molecule has 3 aromatic rings. The van der Waals surface area contributed by atoms with E-state index in [1.807, 2.05) is 24.3 Å². The van der Waals surface area contributed by atoms with E-state index in [0.29, 0.717) is 24.3 Å². The third-order valence-corrected chi connectivity index (χ3v) is 5.63. The topological polar surface area (TPSA) is 44.4 Å². The second-order valence-electron chi connectivity index (χ2n) is 7.70. The maximum atomic E-state index is 13.9. The Morgan fingerprint density at radius 3 is 2.38 bits per heavy atom. The predicted octanol–water partition coefficient (Wildman–Crippen LogP) is 5.77. The van der Waals surface area contributed by atoms with E-state index in [1.54, 1.807) is 11.0 Å². The molecule has 0 bridgehead atoms. The summed E-state index contributed by atoms with van der Waals surface area (Å²) in [4.78, 5) is 13.9. The Morgan fingerprint density at radius 2 is 1.69 bits per heavy atom. The zero-order valence-electron chi connectivity index (χ0n) is 16.6. The lowest BCUT2D eigenvalue weighted by atomic mass is 10.1. The van der Waals surface area contributed by atoms with Crippen molar-refractivity contribution in [1.29, 1.82) is 0 Å². The number of rotatable bonds is 3. The first-order valence-electron chi connectivity index (χ1n) is 9.90. The smallest absolute Gasteiger partial charge is 0.362 e. The fourth-order valence-electron chi connectivity index (χ4n) is 4.10. The van der Waals surface area contributed by atoms with Crippen LogP contribution in [0.15, 0.2) is 66.9 Å². The molecule has 8 heteroatoms. The maximum absolute atomic E-state index is 13.9. The minimum absolute atomic E-state index is 0.103. The van der Waals surface area contributed by atoms with Gasteiger partial charge in [0.15, 0.2) is 0 Å². The van der Waals surface area contributed by atoms with E-state index in [0.717, 1.165) is 17.2 Å². The molecular formula is C24H17F4N3O. The number of hydrogen-bond donors (Lipinski definition) is 2. The van der Waals surface area contributed by atoms with E-state index in [2.05, 4.69) is 10.6 Å². The zero-order valence-corrected chi connectivity index (χ0v) is 16.6. The SMILES string of the molecule is O=C1Nc2cc(F)ccc2/C1=C\Nc1ccc(N2Cc3ccccc3C2)c(C(F)(F)F)c1. The molecule has 4 nitrogen and oxygen atoms in total. The van der Waals surface area contributed by atoms with Crippen LogP contribution in [-0.4, -0.2) is 5.91 Å². The van der Waals surface area contributed by atoms with E-state index >= 15 is 0 Å². The summed E-state index contributed by atoms with van der Waals surface area (Å²) in [6, 6.07) is 15.5. The maximum Gasteiger partial charge on any atom is 0.418 e. The van der Waals surface area contributed by atoms with Crippen LogP contribution in [0, 0.1) is 5.82 Å². The summed E-state index contributed by atoms with van der Waals surface area (Å²) < 4.78 is 55.0. The fourth-order valence-corrected chi connectivity index (χ4v) is 4.10. The number of fused-ring (bicyclic) bond motifs is 2. The summed E-state index contributed by atoms with van der Waals surface area (Å²) in [5.41, 5.74) is 2.57. The van der Waals surface area contributed by atoms with Gasteiger partial charge in [0, 0.05) is 36.2 Å². The Kier molecular flexibility index (Phi) is 4.65. The highest BCUT2D eigenvalue weighted by atomic mass is 19.4. The summed E-state index contributed by atoms with van der Waals surface area (Å²) in [5.74, 6) is -0.951. The quantitative estimate of drug-likeness (QED) is 0.402. The molecule has 2 aliphatic rings. The molecule has 1 amide bonds. The van der Waals surface area contributed by atoms with Gasteiger partial charge in [-0.1, -0.05) is 24.3 Å². The number of alkyl halides is 3. The number of hydrogen-bond acceptors (Lipinski definition) is 3. The van der Waals surface area contributed by atoms with Crippen molar-refractivity contribution in [2.24, 2.45) is 0 Å². The number of amides is 1. The number of carbonyl (C=O) groups excluding carboxylic acids is 1. The van der Waals surface area contributed by atoms with Gasteiger partial charge in [-0.2, -0.15) is 13.2 Å². The van der Waals surface area contributed by atoms with Crippen LogP contribution >= 0.6 is 0 Å². The lowest BCUT2D eigenvalue weighted by Gasteiger charge is -2.23. The largest absolute Gasteiger partial charge is 0.418 e. The highest BCUT2D eigenvalue weighted by molar-refractivity contribution is 6.31. The van der Waals surface area contributed by atoms with Crippen molar-refractivity contribution in [1.82, 2.24) is 0 Å². The van der Waals surface area contributed by atoms with Gasteiger partial charge < -0.3 is 15.5 Å². The van der Waals surface area contributed by atoms with E-state index in [-0.39, 0.29) is 16.9 Å². The number of nitrogens with one attached hydrogen (secondary N) is 2. The average molecular weight is 439 g/mol. The summed E-state index contributed by atoms with van der Waals surface area (Å²) in [5, 5.41) is 5.33. The molecule has 2 heterocycles. The Hall–Kier alpha value is -3.81. The van der Waals surface area contributed by atoms with Gasteiger partial charge in [-0.3, -0.25) is 4.79 Å². The summed E-state index contributed by atoms with van der Waals surface area (Å²) in [6.45, 7) is 0.813. The minimum Gasteiger partial charge on any atom is -0.362 e. The Morgan fingerprint density at radius 1 is 0.969 bits per heavy atom. The molecule has 5 rings (SSSR count). The number of carbonyl (C=O) groups is 1. The highest BCUT2D eigenvalue weighted by Gasteiger charge is 2.36. The standard InChI is InChI=1S/C24H17F4N3O/c25-16-5-7-18-19(23(32)30-21(18)9-16)11-29-17-6-8-22(20(10-17)24(26,27)28)31-12-14-3-1-2-4-15(14)13-31/h1-11,29H,12-13H2,(H,30,32)/b19-11+. The normalized spacial score (nSPS) is 16.2. The van der Waals surface area contributed by atoms with Gasteiger partial charge >= 0.3 is 6.18 Å². The van der Waals surface area contributed by atoms with Gasteiger partial charge in [-0.25, -0.2) is 4.39 Å². The second-order valence-corrected chi connectivity index (χ2v) is 7.70. The Bertz CT molecular complexity index is 1240. The molecule has 0 saturated heterocycles. The number of nitrogens with zero attached hydrogens (tertiary/aromatic N) is 1. The van der Waals surface area contributed by atoms with Crippen LogP contribution in [0.1, 0.15) is 22.3 Å². The van der Waals surface area contributed by atoms with Crippen molar-refractivity contribution < 1.29 is 22.4 Å². The van der Waals surface area contributed by atoms with Crippen molar-refractivity contribution in [3.63, 3.8) is 0 Å². The number of benzene rings is 3. The lowest BCUT2D eigenvalue weighted by molar-refractivity contribution is -0.137. The van der Waals surface area contributed by atoms with Crippen LogP contribution in [0.25, 0.3) is 5.57 Å². The van der Waals surface area contributed by atoms with E-state index in [1.165, 1.54) is 30.5 Å². The van der Waals surface area contributed by atoms with Crippen LogP contribution in [-0.2, 0) is 24.1 Å². The predicted molar refractivity (Wildman–Crippen MR) is 114 cm³/mol. The van der Waals surface area contributed by atoms with Crippen molar-refractivity contribution >= 4 is 28.5 Å². The average Bonchev–Trinajstić information content (AvgIpc) is 3.31. The van der Waals surface area contributed by atoms with Crippen LogP contribution < -0.4 is 15.5 Å². The second kappa shape index (κ2) is 7.40. The molecule has 0 saturated carbocycles. The first-order valence-corrected chi connectivity index (χ1v) is 9.90. The van der Waals surface area contributed by atoms with E-state index < -0.39 is 23.5 Å². The summed E-state index contributed by atoms with van der Waals surface area (Å²) in [6.07, 6.45) is -3.22. The Balaban J connectivity index is 1.45. The molecule has 0 spiro atoms. The first-order chi connectivity index (χ1) is 15.3. The van der Waals surface area contributed by atoms with E-state index in [9.17, 15) is 22.4 Å². The highest BCUT2D eigenvalue weighted by Crippen LogP contribution is 2.41. The minimum atomic E-state index is -4.55. The van der Waals surface area contributed by atoms with Gasteiger partial charge in [-0.15, -0.1) is 0 Å². The molecule has 0 aliphatic carbocycles.